The van der Waals surface area contributed by atoms with Crippen molar-refractivity contribution < 1.29 is 17.6 Å². The van der Waals surface area contributed by atoms with E-state index in [0.29, 0.717) is 34.7 Å². The van der Waals surface area contributed by atoms with Crippen LogP contribution in [-0.2, 0) is 12.8 Å². The normalized spacial score (nSPS) is 10.7. The smallest absolute Gasteiger partial charge is 0.159 e. The Balaban J connectivity index is 1.55. The van der Waals surface area contributed by atoms with Gasteiger partial charge in [0.15, 0.2) is 11.6 Å². The maximum Gasteiger partial charge on any atom is 0.159 e. The van der Waals surface area contributed by atoms with Gasteiger partial charge in [-0.1, -0.05) is 24.0 Å². The Morgan fingerprint density at radius 3 is 2.10 bits per heavy atom. The molecule has 0 atom stereocenters. The Kier molecular flexibility index (Phi) is 5.73. The van der Waals surface area contributed by atoms with Gasteiger partial charge in [-0.15, -0.1) is 0 Å². The molecule has 0 N–H and O–H groups in total. The molecule has 1 nitrogen and oxygen atoms in total. The first-order valence-electron chi connectivity index (χ1n) is 9.69. The van der Waals surface area contributed by atoms with Crippen LogP contribution in [0, 0.1) is 42.0 Å². The van der Waals surface area contributed by atoms with Crippen molar-refractivity contribution in [3.8, 4) is 11.8 Å². The lowest BCUT2D eigenvalue weighted by Gasteiger charge is -2.05. The van der Waals surface area contributed by atoms with Crippen LogP contribution in [0.2, 0.25) is 0 Å². The molecule has 1 aromatic heterocycles. The Labute approximate surface area is 177 Å². The van der Waals surface area contributed by atoms with E-state index >= 15 is 0 Å². The third-order valence-electron chi connectivity index (χ3n) is 4.96. The average molecular weight is 419 g/mol. The molecule has 0 aliphatic rings. The van der Waals surface area contributed by atoms with E-state index < -0.39 is 23.3 Å². The maximum atomic E-state index is 14.5. The Bertz CT molecular complexity index is 1310. The van der Waals surface area contributed by atoms with Crippen LogP contribution < -0.4 is 0 Å². The molecular formula is C26H17F4N. The van der Waals surface area contributed by atoms with E-state index in [0.717, 1.165) is 23.4 Å². The molecule has 0 amide bonds. The second-order valence-corrected chi connectivity index (χ2v) is 7.34. The van der Waals surface area contributed by atoms with Crippen LogP contribution in [0.4, 0.5) is 17.6 Å². The zero-order chi connectivity index (χ0) is 22.0. The predicted molar refractivity (Wildman–Crippen MR) is 113 cm³/mol. The second kappa shape index (κ2) is 8.61. The minimum Gasteiger partial charge on any atom is -0.261 e. The van der Waals surface area contributed by atoms with Gasteiger partial charge in [0.05, 0.1) is 5.56 Å². The summed E-state index contributed by atoms with van der Waals surface area (Å²) in [5, 5.41) is 0.959. The molecule has 1 heterocycles. The molecule has 0 fully saturated rings. The molecule has 0 aliphatic heterocycles. The van der Waals surface area contributed by atoms with E-state index in [1.165, 1.54) is 12.1 Å². The number of hydrogen-bond donors (Lipinski definition) is 0. The summed E-state index contributed by atoms with van der Waals surface area (Å²) in [7, 11) is 0. The lowest BCUT2D eigenvalue weighted by molar-refractivity contribution is 0.511. The summed E-state index contributed by atoms with van der Waals surface area (Å²) in [6.07, 6.45) is 2.77. The molecule has 0 saturated carbocycles. The minimum absolute atomic E-state index is 0.331. The van der Waals surface area contributed by atoms with E-state index in [2.05, 4.69) is 16.8 Å². The van der Waals surface area contributed by atoms with Gasteiger partial charge in [-0.05, 0) is 84.1 Å². The molecule has 4 rings (SSSR count). The van der Waals surface area contributed by atoms with Gasteiger partial charge in [0.1, 0.15) is 11.6 Å². The molecule has 0 radical (unpaired) electrons. The van der Waals surface area contributed by atoms with Gasteiger partial charge in [0.2, 0.25) is 0 Å². The van der Waals surface area contributed by atoms with E-state index in [4.69, 9.17) is 0 Å². The maximum absolute atomic E-state index is 14.5. The number of halogens is 4. The summed E-state index contributed by atoms with van der Waals surface area (Å²) < 4.78 is 55.8. The van der Waals surface area contributed by atoms with Gasteiger partial charge < -0.3 is 0 Å². The van der Waals surface area contributed by atoms with Crippen molar-refractivity contribution in [2.24, 2.45) is 0 Å². The molecule has 0 unspecified atom stereocenters. The predicted octanol–water partition coefficient (Wildman–Crippen LogP) is 6.28. The van der Waals surface area contributed by atoms with Gasteiger partial charge >= 0.3 is 0 Å². The molecule has 5 heteroatoms. The van der Waals surface area contributed by atoms with Crippen LogP contribution in [0.25, 0.3) is 10.8 Å². The third-order valence-corrected chi connectivity index (χ3v) is 4.96. The monoisotopic (exact) mass is 419 g/mol. The molecule has 154 valence electrons. The van der Waals surface area contributed by atoms with Gasteiger partial charge in [-0.25, -0.2) is 17.6 Å². The van der Waals surface area contributed by atoms with E-state index in [9.17, 15) is 17.6 Å². The lowest BCUT2D eigenvalue weighted by atomic mass is 10.0. The number of pyridine rings is 1. The largest absolute Gasteiger partial charge is 0.261 e. The van der Waals surface area contributed by atoms with Crippen molar-refractivity contribution >= 4 is 10.8 Å². The highest BCUT2D eigenvalue weighted by Gasteiger charge is 2.10. The highest BCUT2D eigenvalue weighted by molar-refractivity contribution is 5.84. The number of nitrogens with zero attached hydrogens (tertiary/aromatic N) is 1. The van der Waals surface area contributed by atoms with Gasteiger partial charge in [-0.3, -0.25) is 4.98 Å². The zero-order valence-electron chi connectivity index (χ0n) is 16.6. The van der Waals surface area contributed by atoms with Crippen molar-refractivity contribution in [3.63, 3.8) is 0 Å². The SMILES string of the molecule is Cc1ccc(CCc2cc(F)c(C#Cc3ccc4cc(F)c(F)cc4c3)c(F)c2)nc1. The molecule has 31 heavy (non-hydrogen) atoms. The average Bonchev–Trinajstić information content (AvgIpc) is 2.73. The first-order valence-corrected chi connectivity index (χ1v) is 9.69. The molecule has 4 aromatic rings. The lowest BCUT2D eigenvalue weighted by Crippen LogP contribution is -1.98. The first kappa shape index (κ1) is 20.6. The second-order valence-electron chi connectivity index (χ2n) is 7.34. The van der Waals surface area contributed by atoms with Crippen LogP contribution in [0.15, 0.2) is 60.8 Å². The van der Waals surface area contributed by atoms with E-state index in [1.807, 2.05) is 19.1 Å². The minimum atomic E-state index is -0.967. The van der Waals surface area contributed by atoms with Crippen molar-refractivity contribution in [2.75, 3.05) is 0 Å². The highest BCUT2D eigenvalue weighted by Crippen LogP contribution is 2.20. The number of hydrogen-bond acceptors (Lipinski definition) is 1. The molecule has 0 spiro atoms. The van der Waals surface area contributed by atoms with Gasteiger partial charge in [0.25, 0.3) is 0 Å². The Morgan fingerprint density at radius 1 is 0.710 bits per heavy atom. The van der Waals surface area contributed by atoms with E-state index in [-0.39, 0.29) is 5.56 Å². The van der Waals surface area contributed by atoms with Crippen molar-refractivity contribution in [3.05, 3.63) is 112 Å². The van der Waals surface area contributed by atoms with Crippen LogP contribution in [-0.4, -0.2) is 4.98 Å². The summed E-state index contributed by atoms with van der Waals surface area (Å²) in [4.78, 5) is 4.30. The van der Waals surface area contributed by atoms with Gasteiger partial charge in [0, 0.05) is 17.5 Å². The van der Waals surface area contributed by atoms with Crippen LogP contribution in [0.3, 0.4) is 0 Å². The number of aromatic nitrogens is 1. The van der Waals surface area contributed by atoms with Crippen LogP contribution in [0.1, 0.15) is 27.9 Å². The Hall–Kier alpha value is -3.65. The number of aryl methyl sites for hydroxylation is 3. The number of rotatable bonds is 3. The fourth-order valence-electron chi connectivity index (χ4n) is 3.26. The number of benzene rings is 3. The first-order chi connectivity index (χ1) is 14.9. The van der Waals surface area contributed by atoms with E-state index in [1.54, 1.807) is 24.4 Å². The zero-order valence-corrected chi connectivity index (χ0v) is 16.6. The highest BCUT2D eigenvalue weighted by atomic mass is 19.2. The third kappa shape index (κ3) is 4.75. The molecular weight excluding hydrogens is 402 g/mol. The van der Waals surface area contributed by atoms with Crippen molar-refractivity contribution in [1.82, 2.24) is 4.98 Å². The summed E-state index contributed by atoms with van der Waals surface area (Å²) in [5.74, 6) is 1.82. The van der Waals surface area contributed by atoms with Crippen molar-refractivity contribution in [1.29, 1.82) is 0 Å². The molecule has 0 aliphatic carbocycles. The number of fused-ring (bicyclic) bond motifs is 1. The summed E-state index contributed by atoms with van der Waals surface area (Å²) in [5.41, 5.74) is 2.52. The van der Waals surface area contributed by atoms with Gasteiger partial charge in [-0.2, -0.15) is 0 Å². The van der Waals surface area contributed by atoms with Crippen LogP contribution in [0.5, 0.6) is 0 Å². The van der Waals surface area contributed by atoms with Crippen molar-refractivity contribution in [2.45, 2.75) is 19.8 Å². The summed E-state index contributed by atoms with van der Waals surface area (Å²) >= 11 is 0. The standard InChI is InChI=1S/C26H17F4N/c1-16-2-7-21(31-15-16)8-4-18-11-23(27)22(24(28)12-18)9-5-17-3-6-19-13-25(29)26(30)14-20(19)10-17/h2-3,6-7,10-15H,4,8H2,1H3. The Morgan fingerprint density at radius 2 is 1.42 bits per heavy atom. The molecule has 3 aromatic carbocycles. The fraction of sp³-hybridized carbons (Fsp3) is 0.115. The summed E-state index contributed by atoms with van der Waals surface area (Å²) in [6, 6.07) is 13.3. The topological polar surface area (TPSA) is 12.9 Å². The fourth-order valence-corrected chi connectivity index (χ4v) is 3.26. The molecule has 0 bridgehead atoms. The molecule has 0 saturated heterocycles. The summed E-state index contributed by atoms with van der Waals surface area (Å²) in [6.45, 7) is 1.94. The quantitative estimate of drug-likeness (QED) is 0.281. The van der Waals surface area contributed by atoms with Crippen LogP contribution >= 0.6 is 0 Å².